The first-order valence-electron chi connectivity index (χ1n) is 10.3. The summed E-state index contributed by atoms with van der Waals surface area (Å²) in [5, 5.41) is 0.617. The van der Waals surface area contributed by atoms with E-state index in [0.29, 0.717) is 53.3 Å². The third-order valence-electron chi connectivity index (χ3n) is 4.75. The molecule has 30 heavy (non-hydrogen) atoms. The molecule has 1 atom stereocenters. The van der Waals surface area contributed by atoms with Crippen molar-refractivity contribution in [2.45, 2.75) is 46.6 Å². The molecule has 1 saturated heterocycles. The van der Waals surface area contributed by atoms with E-state index < -0.39 is 12.0 Å². The highest BCUT2D eigenvalue weighted by molar-refractivity contribution is 8.14. The Balaban J connectivity index is 2.11. The van der Waals surface area contributed by atoms with Crippen LogP contribution in [-0.4, -0.2) is 47.5 Å². The summed E-state index contributed by atoms with van der Waals surface area (Å²) in [6.07, 6.45) is 1.27. The molecule has 0 spiro atoms. The van der Waals surface area contributed by atoms with Crippen molar-refractivity contribution in [3.8, 4) is 11.5 Å². The van der Waals surface area contributed by atoms with Gasteiger partial charge in [-0.25, -0.2) is 9.79 Å². The zero-order valence-electron chi connectivity index (χ0n) is 17.9. The van der Waals surface area contributed by atoms with Gasteiger partial charge in [-0.15, -0.1) is 0 Å². The summed E-state index contributed by atoms with van der Waals surface area (Å²) in [5.74, 6) is 1.39. The van der Waals surface area contributed by atoms with Gasteiger partial charge >= 0.3 is 5.97 Å². The third-order valence-corrected chi connectivity index (χ3v) is 5.70. The number of hydrogen-bond donors (Lipinski definition) is 0. The van der Waals surface area contributed by atoms with Gasteiger partial charge in [-0.2, -0.15) is 0 Å². The van der Waals surface area contributed by atoms with E-state index >= 15 is 0 Å². The van der Waals surface area contributed by atoms with Gasteiger partial charge in [-0.1, -0.05) is 24.8 Å². The lowest BCUT2D eigenvalue weighted by molar-refractivity contribution is -0.139. The van der Waals surface area contributed by atoms with Gasteiger partial charge in [-0.05, 0) is 44.9 Å². The Morgan fingerprint density at radius 3 is 2.70 bits per heavy atom. The minimum atomic E-state index is -0.615. The van der Waals surface area contributed by atoms with Gasteiger partial charge in [0, 0.05) is 12.2 Å². The van der Waals surface area contributed by atoms with Crippen LogP contribution in [0.1, 0.15) is 52.1 Å². The van der Waals surface area contributed by atoms with Crippen LogP contribution >= 0.6 is 11.8 Å². The minimum Gasteiger partial charge on any atom is -0.490 e. The number of rotatable bonds is 8. The molecule has 7 nitrogen and oxygen atoms in total. The average molecular weight is 433 g/mol. The van der Waals surface area contributed by atoms with E-state index in [4.69, 9.17) is 14.2 Å². The molecule has 2 heterocycles. The molecule has 1 unspecified atom stereocenters. The molecule has 1 aromatic carbocycles. The normalized spacial score (nSPS) is 18.7. The number of amidine groups is 1. The first-order chi connectivity index (χ1) is 14.5. The minimum absolute atomic E-state index is 0.0592. The van der Waals surface area contributed by atoms with E-state index in [1.807, 2.05) is 32.0 Å². The van der Waals surface area contributed by atoms with Gasteiger partial charge in [0.2, 0.25) is 5.91 Å². The van der Waals surface area contributed by atoms with Gasteiger partial charge in [0.1, 0.15) is 0 Å². The number of esters is 1. The summed E-state index contributed by atoms with van der Waals surface area (Å²) < 4.78 is 16.9. The average Bonchev–Trinajstić information content (AvgIpc) is 2.72. The first kappa shape index (κ1) is 22.2. The van der Waals surface area contributed by atoms with E-state index in [2.05, 4.69) is 4.99 Å². The lowest BCUT2D eigenvalue weighted by Gasteiger charge is -2.39. The summed E-state index contributed by atoms with van der Waals surface area (Å²) in [5.41, 5.74) is 1.70. The predicted octanol–water partition coefficient (Wildman–Crippen LogP) is 4.09. The van der Waals surface area contributed by atoms with Crippen molar-refractivity contribution in [1.82, 2.24) is 4.90 Å². The Hall–Kier alpha value is -2.48. The number of allylic oxidation sites excluding steroid dienone is 1. The Morgan fingerprint density at radius 2 is 2.00 bits per heavy atom. The van der Waals surface area contributed by atoms with Crippen molar-refractivity contribution in [2.24, 2.45) is 4.99 Å². The van der Waals surface area contributed by atoms with Crippen LogP contribution in [0.25, 0.3) is 0 Å². The van der Waals surface area contributed by atoms with Crippen LogP contribution < -0.4 is 9.47 Å². The van der Waals surface area contributed by atoms with Gasteiger partial charge in [0.25, 0.3) is 0 Å². The largest absolute Gasteiger partial charge is 0.490 e. The highest BCUT2D eigenvalue weighted by atomic mass is 32.2. The molecule has 1 aromatic rings. The Labute approximate surface area is 181 Å². The molecular weight excluding hydrogens is 404 g/mol. The van der Waals surface area contributed by atoms with E-state index in [1.54, 1.807) is 18.7 Å². The van der Waals surface area contributed by atoms with Gasteiger partial charge < -0.3 is 14.2 Å². The molecule has 1 fully saturated rings. The summed E-state index contributed by atoms with van der Waals surface area (Å²) in [4.78, 5) is 31.9. The monoisotopic (exact) mass is 432 g/mol. The number of hydrogen-bond acceptors (Lipinski definition) is 7. The molecule has 0 saturated carbocycles. The number of aliphatic imine (C=N–C) groups is 1. The van der Waals surface area contributed by atoms with Crippen LogP contribution in [0.4, 0.5) is 0 Å². The zero-order valence-corrected chi connectivity index (χ0v) is 18.7. The molecule has 0 aromatic heterocycles. The Morgan fingerprint density at radius 1 is 1.20 bits per heavy atom. The van der Waals surface area contributed by atoms with Crippen LogP contribution in [-0.2, 0) is 14.3 Å². The second-order valence-electron chi connectivity index (χ2n) is 6.87. The molecule has 2 aliphatic rings. The maximum absolute atomic E-state index is 12.9. The molecule has 0 N–H and O–H groups in total. The zero-order chi connectivity index (χ0) is 21.7. The first-order valence-corrected chi connectivity index (χ1v) is 11.3. The lowest BCUT2D eigenvalue weighted by atomic mass is 9.94. The summed E-state index contributed by atoms with van der Waals surface area (Å²) in [6, 6.07) is 4.94. The lowest BCUT2D eigenvalue weighted by Crippen LogP contribution is -2.45. The van der Waals surface area contributed by atoms with E-state index in [-0.39, 0.29) is 12.5 Å². The third kappa shape index (κ3) is 4.48. The summed E-state index contributed by atoms with van der Waals surface area (Å²) >= 11 is 1.52. The van der Waals surface area contributed by atoms with Crippen LogP contribution in [0.3, 0.4) is 0 Å². The SMILES string of the molecule is CCCOc1ccc(C2C(C(=O)OCC)=C(C)N=C3SCCC(=O)N32)cc1OCC. The Kier molecular flexibility index (Phi) is 7.42. The van der Waals surface area contributed by atoms with Crippen molar-refractivity contribution >= 4 is 28.8 Å². The second kappa shape index (κ2) is 10.0. The maximum atomic E-state index is 12.9. The standard InChI is InChI=1S/C22H28N2O5S/c1-5-11-29-16-9-8-15(13-17(16)27-6-2)20-19(21(26)28-7-3)14(4)23-22-24(20)18(25)10-12-30-22/h8-9,13,20H,5-7,10-12H2,1-4H3. The number of carbonyl (C=O) groups excluding carboxylic acids is 2. The van der Waals surface area contributed by atoms with Crippen LogP contribution in [0.2, 0.25) is 0 Å². The molecule has 0 bridgehead atoms. The predicted molar refractivity (Wildman–Crippen MR) is 117 cm³/mol. The molecule has 1 amide bonds. The second-order valence-corrected chi connectivity index (χ2v) is 7.93. The fourth-order valence-corrected chi connectivity index (χ4v) is 4.48. The molecule has 3 rings (SSSR count). The van der Waals surface area contributed by atoms with Crippen molar-refractivity contribution in [2.75, 3.05) is 25.6 Å². The van der Waals surface area contributed by atoms with Crippen molar-refractivity contribution < 1.29 is 23.8 Å². The molecule has 8 heteroatoms. The van der Waals surface area contributed by atoms with Crippen molar-refractivity contribution in [1.29, 1.82) is 0 Å². The fourth-order valence-electron chi connectivity index (χ4n) is 3.48. The maximum Gasteiger partial charge on any atom is 0.338 e. The molecular formula is C22H28N2O5S. The molecule has 162 valence electrons. The van der Waals surface area contributed by atoms with E-state index in [9.17, 15) is 9.59 Å². The fraction of sp³-hybridized carbons (Fsp3) is 0.500. The van der Waals surface area contributed by atoms with E-state index in [1.165, 1.54) is 11.8 Å². The van der Waals surface area contributed by atoms with Gasteiger partial charge in [-0.3, -0.25) is 9.69 Å². The van der Waals surface area contributed by atoms with Crippen LogP contribution in [0.15, 0.2) is 34.5 Å². The Bertz CT molecular complexity index is 880. The number of amides is 1. The van der Waals surface area contributed by atoms with Gasteiger partial charge in [0.15, 0.2) is 16.7 Å². The van der Waals surface area contributed by atoms with Gasteiger partial charge in [0.05, 0.1) is 37.1 Å². The van der Waals surface area contributed by atoms with Crippen molar-refractivity contribution in [3.63, 3.8) is 0 Å². The molecule has 0 radical (unpaired) electrons. The van der Waals surface area contributed by atoms with Crippen molar-refractivity contribution in [3.05, 3.63) is 35.0 Å². The number of thioether (sulfide) groups is 1. The number of benzene rings is 1. The van der Waals surface area contributed by atoms with E-state index in [0.717, 1.165) is 12.0 Å². The van der Waals surface area contributed by atoms with Crippen LogP contribution in [0, 0.1) is 0 Å². The summed E-state index contributed by atoms with van der Waals surface area (Å²) in [7, 11) is 0. The number of nitrogens with zero attached hydrogens (tertiary/aromatic N) is 2. The molecule has 0 aliphatic carbocycles. The highest BCUT2D eigenvalue weighted by Crippen LogP contribution is 2.42. The number of ether oxygens (including phenoxy) is 3. The topological polar surface area (TPSA) is 77.4 Å². The molecule has 2 aliphatic heterocycles. The number of carbonyl (C=O) groups is 2. The summed E-state index contributed by atoms with van der Waals surface area (Å²) in [6.45, 7) is 8.78. The number of fused-ring (bicyclic) bond motifs is 1. The van der Waals surface area contributed by atoms with Crippen LogP contribution in [0.5, 0.6) is 11.5 Å². The highest BCUT2D eigenvalue weighted by Gasteiger charge is 2.41. The quantitative estimate of drug-likeness (QED) is 0.576. The smallest absolute Gasteiger partial charge is 0.338 e.